The number of hydrogen-bond acceptors (Lipinski definition) is 4. The smallest absolute Gasteiger partial charge is 0.164 e. The number of rotatable bonds is 5. The molecule has 0 aliphatic carbocycles. The Morgan fingerprint density at radius 1 is 0.362 bits per heavy atom. The summed E-state index contributed by atoms with van der Waals surface area (Å²) < 4.78 is 9.42. The number of hydrogen-bond donors (Lipinski definition) is 0. The zero-order chi connectivity index (χ0) is 38.2. The van der Waals surface area contributed by atoms with Crippen LogP contribution in [0, 0.1) is 0 Å². The van der Waals surface area contributed by atoms with Crippen LogP contribution in [-0.4, -0.2) is 19.5 Å². The Labute approximate surface area is 333 Å². The number of nitrogens with zero attached hydrogens (tertiary/aromatic N) is 4. The first-order valence-corrected chi connectivity index (χ1v) is 19.5. The van der Waals surface area contributed by atoms with Crippen molar-refractivity contribution in [2.45, 2.75) is 0 Å². The minimum atomic E-state index is 0.586. The van der Waals surface area contributed by atoms with E-state index in [-0.39, 0.29) is 0 Å². The van der Waals surface area contributed by atoms with Gasteiger partial charge in [0.25, 0.3) is 0 Å². The minimum absolute atomic E-state index is 0.586. The van der Waals surface area contributed by atoms with Crippen molar-refractivity contribution in [3.8, 4) is 51.0 Å². The molecule has 0 N–H and O–H groups in total. The number of para-hydroxylation sites is 1. The van der Waals surface area contributed by atoms with Gasteiger partial charge >= 0.3 is 0 Å². The lowest BCUT2D eigenvalue weighted by Crippen LogP contribution is -2.00. The van der Waals surface area contributed by atoms with Gasteiger partial charge in [-0.15, -0.1) is 0 Å². The highest BCUT2D eigenvalue weighted by molar-refractivity contribution is 6.22. The predicted molar refractivity (Wildman–Crippen MR) is 238 cm³/mol. The molecule has 0 bridgehead atoms. The van der Waals surface area contributed by atoms with Crippen molar-refractivity contribution < 1.29 is 4.42 Å². The second-order valence-corrected chi connectivity index (χ2v) is 14.8. The fourth-order valence-electron chi connectivity index (χ4n) is 8.75. The first-order chi connectivity index (χ1) is 28.7. The zero-order valence-corrected chi connectivity index (χ0v) is 31.2. The van der Waals surface area contributed by atoms with Crippen LogP contribution in [0.4, 0.5) is 0 Å². The van der Waals surface area contributed by atoms with E-state index < -0.39 is 0 Å². The Balaban J connectivity index is 1.13. The lowest BCUT2D eigenvalue weighted by atomic mass is 9.96. The van der Waals surface area contributed by atoms with Crippen LogP contribution in [0.15, 0.2) is 199 Å². The summed E-state index contributed by atoms with van der Waals surface area (Å²) in [5.41, 5.74) is 9.86. The van der Waals surface area contributed by atoms with Crippen LogP contribution >= 0.6 is 0 Å². The van der Waals surface area contributed by atoms with Crippen LogP contribution in [0.3, 0.4) is 0 Å². The topological polar surface area (TPSA) is 56.7 Å². The van der Waals surface area contributed by atoms with Crippen molar-refractivity contribution in [3.05, 3.63) is 194 Å². The van der Waals surface area contributed by atoms with E-state index in [1.165, 1.54) is 32.3 Å². The fourth-order valence-corrected chi connectivity index (χ4v) is 8.75. The third-order valence-electron chi connectivity index (χ3n) is 11.4. The van der Waals surface area contributed by atoms with Crippen molar-refractivity contribution >= 4 is 65.3 Å². The maximum atomic E-state index is 7.00. The highest BCUT2D eigenvalue weighted by atomic mass is 16.3. The summed E-state index contributed by atoms with van der Waals surface area (Å²) in [5.74, 6) is 1.83. The molecule has 270 valence electrons. The van der Waals surface area contributed by atoms with E-state index in [2.05, 4.69) is 138 Å². The molecular weight excluding hydrogens is 709 g/mol. The molecule has 9 aromatic carbocycles. The molecule has 58 heavy (non-hydrogen) atoms. The molecule has 3 heterocycles. The Morgan fingerprint density at radius 3 is 1.71 bits per heavy atom. The average molecular weight is 741 g/mol. The van der Waals surface area contributed by atoms with E-state index in [9.17, 15) is 0 Å². The molecule has 5 nitrogen and oxygen atoms in total. The van der Waals surface area contributed by atoms with Crippen molar-refractivity contribution in [1.82, 2.24) is 19.5 Å². The number of aromatic nitrogens is 4. The quantitative estimate of drug-likeness (QED) is 0.176. The number of fused-ring (bicyclic) bond motifs is 9. The third-order valence-corrected chi connectivity index (χ3v) is 11.4. The molecule has 12 rings (SSSR count). The van der Waals surface area contributed by atoms with Crippen LogP contribution in [0.2, 0.25) is 0 Å². The summed E-state index contributed by atoms with van der Waals surface area (Å²) in [5, 5.41) is 9.37. The summed E-state index contributed by atoms with van der Waals surface area (Å²) in [4.78, 5) is 15.0. The molecule has 0 radical (unpaired) electrons. The van der Waals surface area contributed by atoms with Crippen LogP contribution < -0.4 is 0 Å². The summed E-state index contributed by atoms with van der Waals surface area (Å²) in [6.07, 6.45) is 0. The van der Waals surface area contributed by atoms with Crippen LogP contribution in [0.1, 0.15) is 0 Å². The molecule has 0 aliphatic rings. The summed E-state index contributed by atoms with van der Waals surface area (Å²) in [6.45, 7) is 0. The van der Waals surface area contributed by atoms with Crippen LogP contribution in [0.5, 0.6) is 0 Å². The first kappa shape index (κ1) is 32.4. The van der Waals surface area contributed by atoms with Gasteiger partial charge in [0.15, 0.2) is 17.5 Å². The molecule has 0 unspecified atom stereocenters. The molecule has 3 aromatic heterocycles. The normalized spacial score (nSPS) is 11.8. The Bertz CT molecular complexity index is 3500. The SMILES string of the molecule is c1ccc(-c2nc(-c3ccccc3)nc(-c3ccc4c(c3)oc3c(-c5cccc6ccccc56)cc(-n5c6ccccc6c6c7ccccc7ccc65)cc34)n2)cc1. The fraction of sp³-hybridized carbons (Fsp3) is 0. The summed E-state index contributed by atoms with van der Waals surface area (Å²) in [6, 6.07) is 68.1. The van der Waals surface area contributed by atoms with Crippen LogP contribution in [-0.2, 0) is 0 Å². The van der Waals surface area contributed by atoms with Crippen molar-refractivity contribution in [1.29, 1.82) is 0 Å². The van der Waals surface area contributed by atoms with Gasteiger partial charge < -0.3 is 8.98 Å². The van der Waals surface area contributed by atoms with Crippen molar-refractivity contribution in [2.24, 2.45) is 0 Å². The van der Waals surface area contributed by atoms with Gasteiger partial charge in [-0.2, -0.15) is 0 Å². The third kappa shape index (κ3) is 5.07. The highest BCUT2D eigenvalue weighted by Crippen LogP contribution is 2.44. The van der Waals surface area contributed by atoms with Gasteiger partial charge in [-0.1, -0.05) is 158 Å². The minimum Gasteiger partial charge on any atom is -0.455 e. The standard InChI is InChI=1S/C53H32N4O/c1-3-16-35(17-4-1)51-54-52(36-18-5-2-6-19-36)56-53(55-51)37-26-28-42-45-32-38(31-44(50(45)58-48(42)30-37)41-24-13-20-33-14-7-9-21-39(33)41)57-46-25-12-11-23-43(46)49-40-22-10-8-15-34(40)27-29-47(49)57/h1-32H. The molecule has 0 saturated heterocycles. The lowest BCUT2D eigenvalue weighted by molar-refractivity contribution is 0.670. The van der Waals surface area contributed by atoms with E-state index in [4.69, 9.17) is 19.4 Å². The van der Waals surface area contributed by atoms with E-state index in [1.807, 2.05) is 60.7 Å². The first-order valence-electron chi connectivity index (χ1n) is 19.5. The Hall–Kier alpha value is -7.89. The van der Waals surface area contributed by atoms with E-state index in [0.29, 0.717) is 17.5 Å². The molecule has 12 aromatic rings. The maximum absolute atomic E-state index is 7.00. The highest BCUT2D eigenvalue weighted by Gasteiger charge is 2.21. The van der Waals surface area contributed by atoms with E-state index >= 15 is 0 Å². The van der Waals surface area contributed by atoms with Gasteiger partial charge in [0.1, 0.15) is 11.2 Å². The Kier molecular flexibility index (Phi) is 7.16. The maximum Gasteiger partial charge on any atom is 0.164 e. The largest absolute Gasteiger partial charge is 0.455 e. The molecule has 0 spiro atoms. The summed E-state index contributed by atoms with van der Waals surface area (Å²) in [7, 11) is 0. The number of benzene rings is 9. The van der Waals surface area contributed by atoms with Crippen LogP contribution in [0.25, 0.3) is 116 Å². The van der Waals surface area contributed by atoms with Gasteiger partial charge in [-0.3, -0.25) is 0 Å². The second kappa shape index (κ2) is 12.8. The summed E-state index contributed by atoms with van der Waals surface area (Å²) >= 11 is 0. The predicted octanol–water partition coefficient (Wildman–Crippen LogP) is 13.8. The van der Waals surface area contributed by atoms with Gasteiger partial charge in [0, 0.05) is 49.5 Å². The molecule has 0 saturated carbocycles. The molecule has 0 fully saturated rings. The van der Waals surface area contributed by atoms with E-state index in [1.54, 1.807) is 0 Å². The Morgan fingerprint density at radius 2 is 0.966 bits per heavy atom. The molecule has 0 aliphatic heterocycles. The average Bonchev–Trinajstić information content (AvgIpc) is 3.84. The van der Waals surface area contributed by atoms with Crippen molar-refractivity contribution in [3.63, 3.8) is 0 Å². The molecule has 5 heteroatoms. The van der Waals surface area contributed by atoms with Gasteiger partial charge in [0.2, 0.25) is 0 Å². The molecule has 0 amide bonds. The van der Waals surface area contributed by atoms with Gasteiger partial charge in [-0.05, 0) is 63.5 Å². The van der Waals surface area contributed by atoms with Gasteiger partial charge in [0.05, 0.1) is 11.0 Å². The lowest BCUT2D eigenvalue weighted by Gasteiger charge is -2.13. The van der Waals surface area contributed by atoms with Crippen molar-refractivity contribution in [2.75, 3.05) is 0 Å². The van der Waals surface area contributed by atoms with Gasteiger partial charge in [-0.25, -0.2) is 15.0 Å². The molecule has 0 atom stereocenters. The van der Waals surface area contributed by atoms with E-state index in [0.717, 1.165) is 66.5 Å². The monoisotopic (exact) mass is 740 g/mol. The zero-order valence-electron chi connectivity index (χ0n) is 31.2. The molecular formula is C53H32N4O. The second-order valence-electron chi connectivity index (χ2n) is 14.8. The number of furan rings is 1.